The van der Waals surface area contributed by atoms with Crippen LogP contribution in [0.4, 0.5) is 23.2 Å². The second kappa shape index (κ2) is 16.9. The Morgan fingerprint density at radius 3 is 2.44 bits per heavy atom. The van der Waals surface area contributed by atoms with Crippen molar-refractivity contribution in [1.82, 2.24) is 14.5 Å². The fraction of sp³-hybridized carbons (Fsp3) is 0.524. The summed E-state index contributed by atoms with van der Waals surface area (Å²) in [6, 6.07) is 8.64. The van der Waals surface area contributed by atoms with E-state index in [2.05, 4.69) is 5.32 Å². The molecule has 0 spiro atoms. The normalized spacial score (nSPS) is 18.3. The van der Waals surface area contributed by atoms with E-state index in [1.54, 1.807) is 16.7 Å². The molecule has 0 radical (unpaired) electrons. The molecule has 7 nitrogen and oxygen atoms in total. The van der Waals surface area contributed by atoms with Gasteiger partial charge in [-0.05, 0) is 106 Å². The lowest BCUT2D eigenvalue weighted by molar-refractivity contribution is -0.0384. The number of fused-ring (bicyclic) bond motifs is 1. The standard InChI is InChI=1S/C42H50ClF4N5O2/c1-5-8-33(48)37-25(4)36(11-10-32(37)43)52-40(31(24(2)3)21-26-19-28(44)22-29(45)20-26)51-39-38(41(52)53)35(49-17-14-30-9-6-7-18-54-30)23-34(50-39)27-12-15-42(46,47)16-13-27/h10-11,19-20,22-24,27,30-31,48H,5-9,12-18,21H2,1-4H3,(H,49,50). The summed E-state index contributed by atoms with van der Waals surface area (Å²) >= 11 is 6.71. The molecule has 2 aromatic heterocycles. The third-order valence-corrected chi connectivity index (χ3v) is 11.3. The van der Waals surface area contributed by atoms with Gasteiger partial charge in [0.1, 0.15) is 22.8 Å². The predicted molar refractivity (Wildman–Crippen MR) is 207 cm³/mol. The summed E-state index contributed by atoms with van der Waals surface area (Å²) in [6.45, 7) is 8.96. The van der Waals surface area contributed by atoms with Crippen molar-refractivity contribution < 1.29 is 22.3 Å². The van der Waals surface area contributed by atoms with Gasteiger partial charge in [0, 0.05) is 60.9 Å². The lowest BCUT2D eigenvalue weighted by atomic mass is 9.84. The number of nitrogens with one attached hydrogen (secondary N) is 2. The zero-order chi connectivity index (χ0) is 38.7. The number of nitrogens with zero attached hydrogens (tertiary/aromatic N) is 3. The molecule has 0 amide bonds. The van der Waals surface area contributed by atoms with Crippen LogP contribution < -0.4 is 10.9 Å². The smallest absolute Gasteiger partial charge is 0.269 e. The molecule has 2 aliphatic rings. The van der Waals surface area contributed by atoms with Crippen LogP contribution in [0.2, 0.25) is 5.02 Å². The SMILES string of the molecule is CCCC(=N)c1c(Cl)ccc(-n2c(C(Cc3cc(F)cc(F)c3)C(C)C)nc3nc(C4CCC(F)(F)CC4)cc(NCCC4CCCCO4)c3c2=O)c1C. The first-order valence-corrected chi connectivity index (χ1v) is 19.7. The van der Waals surface area contributed by atoms with Gasteiger partial charge in [-0.25, -0.2) is 27.5 Å². The van der Waals surface area contributed by atoms with E-state index in [0.717, 1.165) is 31.7 Å². The topological polar surface area (TPSA) is 92.9 Å². The maximum atomic E-state index is 15.3. The molecule has 1 aliphatic carbocycles. The van der Waals surface area contributed by atoms with Crippen molar-refractivity contribution in [2.75, 3.05) is 18.5 Å². The van der Waals surface area contributed by atoms with E-state index in [9.17, 15) is 17.6 Å². The molecule has 2 fully saturated rings. The second-order valence-corrected chi connectivity index (χ2v) is 15.8. The van der Waals surface area contributed by atoms with Crippen LogP contribution in [0.25, 0.3) is 16.7 Å². The van der Waals surface area contributed by atoms with Crippen molar-refractivity contribution in [3.05, 3.63) is 91.6 Å². The Morgan fingerprint density at radius 2 is 1.80 bits per heavy atom. The molecule has 1 aliphatic heterocycles. The molecule has 6 rings (SSSR count). The van der Waals surface area contributed by atoms with Crippen LogP contribution in [0, 0.1) is 29.9 Å². The Bertz CT molecular complexity index is 2030. The number of alkyl halides is 2. The molecule has 4 aromatic rings. The maximum absolute atomic E-state index is 15.3. The number of anilines is 1. The van der Waals surface area contributed by atoms with Gasteiger partial charge in [-0.1, -0.05) is 38.8 Å². The van der Waals surface area contributed by atoms with Gasteiger partial charge in [0.25, 0.3) is 5.56 Å². The average molecular weight is 768 g/mol. The molecule has 290 valence electrons. The summed E-state index contributed by atoms with van der Waals surface area (Å²) in [6.07, 6.45) is 5.28. The minimum Gasteiger partial charge on any atom is -0.384 e. The summed E-state index contributed by atoms with van der Waals surface area (Å²) in [5.74, 6) is -4.72. The lowest BCUT2D eigenvalue weighted by Crippen LogP contribution is -2.30. The van der Waals surface area contributed by atoms with Crippen molar-refractivity contribution in [2.24, 2.45) is 5.92 Å². The van der Waals surface area contributed by atoms with Crippen LogP contribution in [0.3, 0.4) is 0 Å². The highest BCUT2D eigenvalue weighted by Gasteiger charge is 2.36. The summed E-state index contributed by atoms with van der Waals surface area (Å²) in [7, 11) is 0. The zero-order valence-electron chi connectivity index (χ0n) is 31.5. The van der Waals surface area contributed by atoms with Crippen LogP contribution >= 0.6 is 11.6 Å². The Hall–Kier alpha value is -3.83. The second-order valence-electron chi connectivity index (χ2n) is 15.4. The molecule has 2 unspecified atom stereocenters. The minimum absolute atomic E-state index is 0.0915. The monoisotopic (exact) mass is 767 g/mol. The number of aromatic nitrogens is 3. The maximum Gasteiger partial charge on any atom is 0.269 e. The third kappa shape index (κ3) is 8.83. The number of rotatable bonds is 13. The first-order chi connectivity index (χ1) is 25.8. The number of benzene rings is 2. The quantitative estimate of drug-likeness (QED) is 0.104. The molecule has 1 saturated heterocycles. The van der Waals surface area contributed by atoms with Crippen molar-refractivity contribution >= 4 is 34.0 Å². The number of pyridine rings is 1. The van der Waals surface area contributed by atoms with Crippen LogP contribution in [0.15, 0.2) is 41.2 Å². The van der Waals surface area contributed by atoms with Crippen molar-refractivity contribution in [3.63, 3.8) is 0 Å². The number of halogens is 5. The van der Waals surface area contributed by atoms with Gasteiger partial charge >= 0.3 is 0 Å². The first-order valence-electron chi connectivity index (χ1n) is 19.3. The van der Waals surface area contributed by atoms with E-state index in [1.165, 1.54) is 12.1 Å². The van der Waals surface area contributed by atoms with Crippen molar-refractivity contribution in [1.29, 1.82) is 5.41 Å². The zero-order valence-corrected chi connectivity index (χ0v) is 32.3. The largest absolute Gasteiger partial charge is 0.384 e. The Kier molecular flexibility index (Phi) is 12.5. The number of hydrogen-bond donors (Lipinski definition) is 2. The van der Waals surface area contributed by atoms with E-state index >= 15 is 4.79 Å². The van der Waals surface area contributed by atoms with Crippen molar-refractivity contribution in [3.8, 4) is 5.69 Å². The molecule has 2 N–H and O–H groups in total. The minimum atomic E-state index is -2.72. The molecule has 3 heterocycles. The summed E-state index contributed by atoms with van der Waals surface area (Å²) in [5, 5.41) is 13.0. The summed E-state index contributed by atoms with van der Waals surface area (Å²) < 4.78 is 65.1. The summed E-state index contributed by atoms with van der Waals surface area (Å²) in [4.78, 5) is 25.3. The van der Waals surface area contributed by atoms with E-state index in [4.69, 9.17) is 31.7 Å². The number of hydrogen-bond acceptors (Lipinski definition) is 6. The van der Waals surface area contributed by atoms with Gasteiger partial charge in [0.15, 0.2) is 5.65 Å². The van der Waals surface area contributed by atoms with Gasteiger partial charge in [-0.3, -0.25) is 9.36 Å². The van der Waals surface area contributed by atoms with Crippen LogP contribution in [0.1, 0.15) is 125 Å². The molecule has 1 saturated carbocycles. The highest BCUT2D eigenvalue weighted by molar-refractivity contribution is 6.34. The van der Waals surface area contributed by atoms with E-state index in [1.807, 2.05) is 33.8 Å². The van der Waals surface area contributed by atoms with Crippen LogP contribution in [-0.4, -0.2) is 45.4 Å². The van der Waals surface area contributed by atoms with E-state index in [0.29, 0.717) is 76.3 Å². The Balaban J connectivity index is 1.58. The lowest BCUT2D eigenvalue weighted by Gasteiger charge is -2.29. The average Bonchev–Trinajstić information content (AvgIpc) is 3.11. The molecule has 2 aromatic carbocycles. The molecular weight excluding hydrogens is 718 g/mol. The van der Waals surface area contributed by atoms with Gasteiger partial charge < -0.3 is 15.5 Å². The highest BCUT2D eigenvalue weighted by atomic mass is 35.5. The van der Waals surface area contributed by atoms with Gasteiger partial charge in [-0.2, -0.15) is 0 Å². The molecule has 2 atom stereocenters. The van der Waals surface area contributed by atoms with Crippen LogP contribution in [-0.2, 0) is 11.2 Å². The van der Waals surface area contributed by atoms with E-state index in [-0.39, 0.29) is 61.1 Å². The van der Waals surface area contributed by atoms with E-state index < -0.39 is 29.0 Å². The van der Waals surface area contributed by atoms with Crippen LogP contribution in [0.5, 0.6) is 0 Å². The predicted octanol–water partition coefficient (Wildman–Crippen LogP) is 10.8. The fourth-order valence-electron chi connectivity index (χ4n) is 8.05. The molecule has 12 heteroatoms. The molecular formula is C42H50ClF4N5O2. The summed E-state index contributed by atoms with van der Waals surface area (Å²) in [5.41, 5.74) is 3.28. The van der Waals surface area contributed by atoms with Crippen molar-refractivity contribution in [2.45, 2.75) is 122 Å². The Morgan fingerprint density at radius 1 is 1.07 bits per heavy atom. The highest BCUT2D eigenvalue weighted by Crippen LogP contribution is 2.42. The molecule has 54 heavy (non-hydrogen) atoms. The third-order valence-electron chi connectivity index (χ3n) is 11.0. The van der Waals surface area contributed by atoms with Gasteiger partial charge in [0.2, 0.25) is 5.92 Å². The Labute approximate surface area is 319 Å². The first kappa shape index (κ1) is 39.9. The van der Waals surface area contributed by atoms with Gasteiger partial charge in [-0.15, -0.1) is 0 Å². The molecule has 0 bridgehead atoms. The van der Waals surface area contributed by atoms with Gasteiger partial charge in [0.05, 0.1) is 22.5 Å². The number of ether oxygens (including phenoxy) is 1. The fourth-order valence-corrected chi connectivity index (χ4v) is 8.37.